The quantitative estimate of drug-likeness (QED) is 0.803. The first-order chi connectivity index (χ1) is 10.7. The van der Waals surface area contributed by atoms with E-state index >= 15 is 0 Å². The Labute approximate surface area is 133 Å². The summed E-state index contributed by atoms with van der Waals surface area (Å²) in [5, 5.41) is 9.04. The Kier molecular flexibility index (Phi) is 4.09. The molecular weight excluding hydrogens is 300 g/mol. The Bertz CT molecular complexity index is 800. The van der Waals surface area contributed by atoms with E-state index in [-0.39, 0.29) is 6.54 Å². The molecule has 5 nitrogen and oxygen atoms in total. The molecule has 0 atom stereocenters. The maximum Gasteiger partial charge on any atom is 0.128 e. The number of hydrogen-bond acceptors (Lipinski definition) is 4. The second kappa shape index (κ2) is 6.17. The monoisotopic (exact) mass is 314 g/mol. The van der Waals surface area contributed by atoms with Gasteiger partial charge in [-0.2, -0.15) is 0 Å². The Morgan fingerprint density at radius 3 is 2.73 bits per heavy atom. The summed E-state index contributed by atoms with van der Waals surface area (Å²) in [6, 6.07) is 15.1. The Morgan fingerprint density at radius 1 is 1.18 bits per heavy atom. The van der Waals surface area contributed by atoms with Crippen LogP contribution in [0, 0.1) is 0 Å². The molecule has 0 aliphatic rings. The number of nitrogens with zero attached hydrogens (tertiary/aromatic N) is 3. The molecule has 0 unspecified atom stereocenters. The van der Waals surface area contributed by atoms with Crippen molar-refractivity contribution in [3.05, 3.63) is 59.2 Å². The topological polar surface area (TPSA) is 66.0 Å². The van der Waals surface area contributed by atoms with Crippen LogP contribution in [-0.2, 0) is 6.54 Å². The smallest absolute Gasteiger partial charge is 0.128 e. The van der Waals surface area contributed by atoms with Crippen LogP contribution in [0.15, 0.2) is 48.5 Å². The SMILES string of the molecule is COc1ccccc1-c1c(CN)nnn1-c1cccc(Cl)c1. The number of methoxy groups -OCH3 is 1. The van der Waals surface area contributed by atoms with Crippen molar-refractivity contribution >= 4 is 11.6 Å². The highest BCUT2D eigenvalue weighted by Crippen LogP contribution is 2.33. The zero-order chi connectivity index (χ0) is 15.5. The number of aromatic nitrogens is 3. The van der Waals surface area contributed by atoms with Crippen LogP contribution in [-0.4, -0.2) is 22.1 Å². The molecule has 0 radical (unpaired) electrons. The van der Waals surface area contributed by atoms with Crippen LogP contribution in [0.1, 0.15) is 5.69 Å². The third-order valence-corrected chi connectivity index (χ3v) is 3.58. The van der Waals surface area contributed by atoms with Gasteiger partial charge in [0.2, 0.25) is 0 Å². The van der Waals surface area contributed by atoms with Gasteiger partial charge in [0, 0.05) is 17.1 Å². The lowest BCUT2D eigenvalue weighted by molar-refractivity contribution is 0.416. The zero-order valence-corrected chi connectivity index (χ0v) is 12.8. The van der Waals surface area contributed by atoms with Gasteiger partial charge in [0.15, 0.2) is 0 Å². The zero-order valence-electron chi connectivity index (χ0n) is 12.0. The number of hydrogen-bond donors (Lipinski definition) is 1. The van der Waals surface area contributed by atoms with Gasteiger partial charge in [-0.25, -0.2) is 4.68 Å². The molecule has 3 aromatic rings. The minimum atomic E-state index is 0.286. The first kappa shape index (κ1) is 14.6. The fraction of sp³-hybridized carbons (Fsp3) is 0.125. The predicted octanol–water partition coefficient (Wildman–Crippen LogP) is 3.06. The number of ether oxygens (including phenoxy) is 1. The number of rotatable bonds is 4. The van der Waals surface area contributed by atoms with Crippen LogP contribution >= 0.6 is 11.6 Å². The highest BCUT2D eigenvalue weighted by atomic mass is 35.5. The van der Waals surface area contributed by atoms with Crippen LogP contribution in [0.2, 0.25) is 5.02 Å². The normalized spacial score (nSPS) is 10.7. The van der Waals surface area contributed by atoms with E-state index in [0.29, 0.717) is 10.7 Å². The fourth-order valence-corrected chi connectivity index (χ4v) is 2.53. The molecular formula is C16H15ClN4O. The number of halogens is 1. The number of nitrogens with two attached hydrogens (primary N) is 1. The molecule has 0 aliphatic carbocycles. The minimum absolute atomic E-state index is 0.286. The molecule has 1 heterocycles. The molecule has 0 saturated heterocycles. The van der Waals surface area contributed by atoms with Gasteiger partial charge in [0.1, 0.15) is 17.1 Å². The summed E-state index contributed by atoms with van der Waals surface area (Å²) in [6.07, 6.45) is 0. The summed E-state index contributed by atoms with van der Waals surface area (Å²) < 4.78 is 7.18. The van der Waals surface area contributed by atoms with Gasteiger partial charge in [-0.3, -0.25) is 0 Å². The van der Waals surface area contributed by atoms with Crippen molar-refractivity contribution < 1.29 is 4.74 Å². The van der Waals surface area contributed by atoms with E-state index in [0.717, 1.165) is 22.7 Å². The number of para-hydroxylation sites is 1. The molecule has 0 spiro atoms. The summed E-state index contributed by atoms with van der Waals surface area (Å²) in [4.78, 5) is 0. The highest BCUT2D eigenvalue weighted by molar-refractivity contribution is 6.30. The molecule has 2 aromatic carbocycles. The fourth-order valence-electron chi connectivity index (χ4n) is 2.35. The second-order valence-electron chi connectivity index (χ2n) is 4.68. The highest BCUT2D eigenvalue weighted by Gasteiger charge is 2.18. The lowest BCUT2D eigenvalue weighted by atomic mass is 10.1. The Hall–Kier alpha value is -2.37. The lowest BCUT2D eigenvalue weighted by Crippen LogP contribution is -2.03. The van der Waals surface area contributed by atoms with E-state index in [1.807, 2.05) is 48.5 Å². The van der Waals surface area contributed by atoms with Gasteiger partial charge in [0.05, 0.1) is 12.8 Å². The molecule has 0 amide bonds. The predicted molar refractivity (Wildman–Crippen MR) is 86.2 cm³/mol. The Morgan fingerprint density at radius 2 is 2.00 bits per heavy atom. The third-order valence-electron chi connectivity index (χ3n) is 3.35. The molecule has 0 bridgehead atoms. The maximum absolute atomic E-state index is 6.08. The lowest BCUT2D eigenvalue weighted by Gasteiger charge is -2.11. The summed E-state index contributed by atoms with van der Waals surface area (Å²) in [5.41, 5.74) is 9.03. The van der Waals surface area contributed by atoms with Gasteiger partial charge in [-0.1, -0.05) is 35.0 Å². The van der Waals surface area contributed by atoms with Crippen molar-refractivity contribution in [2.45, 2.75) is 6.54 Å². The van der Waals surface area contributed by atoms with E-state index in [2.05, 4.69) is 10.3 Å². The van der Waals surface area contributed by atoms with Crippen molar-refractivity contribution in [1.29, 1.82) is 0 Å². The third kappa shape index (κ3) is 2.56. The summed E-state index contributed by atoms with van der Waals surface area (Å²) >= 11 is 6.08. The van der Waals surface area contributed by atoms with Crippen molar-refractivity contribution in [1.82, 2.24) is 15.0 Å². The maximum atomic E-state index is 6.08. The van der Waals surface area contributed by atoms with Crippen molar-refractivity contribution in [2.24, 2.45) is 5.73 Å². The molecule has 22 heavy (non-hydrogen) atoms. The van der Waals surface area contributed by atoms with E-state index < -0.39 is 0 Å². The second-order valence-corrected chi connectivity index (χ2v) is 5.12. The first-order valence-electron chi connectivity index (χ1n) is 6.78. The van der Waals surface area contributed by atoms with E-state index in [1.54, 1.807) is 11.8 Å². The van der Waals surface area contributed by atoms with E-state index in [9.17, 15) is 0 Å². The molecule has 112 valence electrons. The van der Waals surface area contributed by atoms with E-state index in [1.165, 1.54) is 0 Å². The first-order valence-corrected chi connectivity index (χ1v) is 7.16. The van der Waals surface area contributed by atoms with Crippen LogP contribution in [0.25, 0.3) is 16.9 Å². The summed E-state index contributed by atoms with van der Waals surface area (Å²) in [6.45, 7) is 0.286. The molecule has 0 fully saturated rings. The minimum Gasteiger partial charge on any atom is -0.496 e. The number of benzene rings is 2. The standard InChI is InChI=1S/C16H15ClN4O/c1-22-15-8-3-2-7-13(15)16-14(10-18)19-20-21(16)12-6-4-5-11(17)9-12/h2-9H,10,18H2,1H3. The van der Waals surface area contributed by atoms with Crippen LogP contribution < -0.4 is 10.5 Å². The van der Waals surface area contributed by atoms with Crippen molar-refractivity contribution in [3.63, 3.8) is 0 Å². The van der Waals surface area contributed by atoms with Gasteiger partial charge < -0.3 is 10.5 Å². The van der Waals surface area contributed by atoms with Crippen molar-refractivity contribution in [2.75, 3.05) is 7.11 Å². The molecule has 0 aliphatic heterocycles. The van der Waals surface area contributed by atoms with Crippen LogP contribution in [0.5, 0.6) is 5.75 Å². The van der Waals surface area contributed by atoms with Crippen molar-refractivity contribution in [3.8, 4) is 22.7 Å². The largest absolute Gasteiger partial charge is 0.496 e. The average Bonchev–Trinajstić information content (AvgIpc) is 2.98. The van der Waals surface area contributed by atoms with Gasteiger partial charge in [-0.05, 0) is 30.3 Å². The average molecular weight is 315 g/mol. The van der Waals surface area contributed by atoms with Gasteiger partial charge in [-0.15, -0.1) is 5.10 Å². The Balaban J connectivity index is 2.24. The van der Waals surface area contributed by atoms with Gasteiger partial charge >= 0.3 is 0 Å². The summed E-state index contributed by atoms with van der Waals surface area (Å²) in [7, 11) is 1.63. The van der Waals surface area contributed by atoms with Crippen LogP contribution in [0.3, 0.4) is 0 Å². The van der Waals surface area contributed by atoms with Crippen LogP contribution in [0.4, 0.5) is 0 Å². The summed E-state index contributed by atoms with van der Waals surface area (Å²) in [5.74, 6) is 0.739. The molecule has 0 saturated carbocycles. The molecule has 3 rings (SSSR count). The molecule has 2 N–H and O–H groups in total. The van der Waals surface area contributed by atoms with Gasteiger partial charge in [0.25, 0.3) is 0 Å². The van der Waals surface area contributed by atoms with E-state index in [4.69, 9.17) is 22.1 Å². The molecule has 1 aromatic heterocycles. The molecule has 6 heteroatoms.